The zero-order valence-corrected chi connectivity index (χ0v) is 27.0. The van der Waals surface area contributed by atoms with Gasteiger partial charge in [-0.2, -0.15) is 5.26 Å². The molecule has 0 unspecified atom stereocenters. The Kier molecular flexibility index (Phi) is 9.60. The van der Waals surface area contributed by atoms with Crippen LogP contribution in [0, 0.1) is 17.1 Å². The molecule has 240 valence electrons. The number of benzene rings is 4. The first kappa shape index (κ1) is 32.2. The Morgan fingerprint density at radius 3 is 2.44 bits per heavy atom. The first-order valence-electron chi connectivity index (χ1n) is 15.3. The molecule has 0 spiro atoms. The highest BCUT2D eigenvalue weighted by Gasteiger charge is 2.35. The van der Waals surface area contributed by atoms with Gasteiger partial charge >= 0.3 is 5.97 Å². The third kappa shape index (κ3) is 6.54. The number of nitriles is 1. The molecule has 0 amide bonds. The number of rotatable bonds is 10. The van der Waals surface area contributed by atoms with Gasteiger partial charge in [0, 0.05) is 11.1 Å². The SMILES string of the molecule is CCOC(=O)C1=C(c2ccccc2)N=c2s/c(=C\c3ccc(OCc4ccccc4C#N)c(OCC)c3)c(=O)n2[C@@H]1c1ccc(F)cc1. The van der Waals surface area contributed by atoms with Crippen molar-refractivity contribution in [1.29, 1.82) is 5.26 Å². The quantitative estimate of drug-likeness (QED) is 0.173. The lowest BCUT2D eigenvalue weighted by Crippen LogP contribution is -2.40. The van der Waals surface area contributed by atoms with Gasteiger partial charge < -0.3 is 14.2 Å². The molecule has 4 aromatic carbocycles. The van der Waals surface area contributed by atoms with Crippen LogP contribution in [0.3, 0.4) is 0 Å². The minimum atomic E-state index is -0.913. The van der Waals surface area contributed by atoms with Crippen molar-refractivity contribution < 1.29 is 23.4 Å². The highest BCUT2D eigenvalue weighted by atomic mass is 32.1. The van der Waals surface area contributed by atoms with Crippen LogP contribution >= 0.6 is 11.3 Å². The van der Waals surface area contributed by atoms with E-state index in [-0.39, 0.29) is 24.3 Å². The summed E-state index contributed by atoms with van der Waals surface area (Å²) in [7, 11) is 0. The standard InChI is InChI=1S/C38H30FN3O5S/c1-3-45-31-20-24(14-19-30(31)47-23-28-13-9-8-12-27(28)22-40)21-32-36(43)42-35(26-15-17-29(39)18-16-26)33(37(44)46-4-2)34(41-38(42)48-32)25-10-6-5-7-11-25/h5-21,35H,3-4,23H2,1-2H3/b32-21-/t35-/m1/s1. The fourth-order valence-electron chi connectivity index (χ4n) is 5.46. The maximum absolute atomic E-state index is 14.2. The van der Waals surface area contributed by atoms with Crippen molar-refractivity contribution in [3.05, 3.63) is 156 Å². The van der Waals surface area contributed by atoms with Crippen molar-refractivity contribution in [3.8, 4) is 17.6 Å². The molecule has 0 fully saturated rings. The largest absolute Gasteiger partial charge is 0.490 e. The Morgan fingerprint density at radius 2 is 1.71 bits per heavy atom. The van der Waals surface area contributed by atoms with Crippen LogP contribution in [-0.2, 0) is 16.1 Å². The number of esters is 1. The first-order valence-corrected chi connectivity index (χ1v) is 16.1. The van der Waals surface area contributed by atoms with Crippen LogP contribution in [0.15, 0.2) is 112 Å². The Labute approximate surface area is 279 Å². The van der Waals surface area contributed by atoms with Gasteiger partial charge in [0.05, 0.1) is 46.7 Å². The van der Waals surface area contributed by atoms with Crippen LogP contribution in [0.25, 0.3) is 11.8 Å². The summed E-state index contributed by atoms with van der Waals surface area (Å²) >= 11 is 1.18. The second-order valence-corrected chi connectivity index (χ2v) is 11.7. The van der Waals surface area contributed by atoms with Gasteiger partial charge in [-0.05, 0) is 61.4 Å². The van der Waals surface area contributed by atoms with Gasteiger partial charge in [-0.15, -0.1) is 0 Å². The number of hydrogen-bond donors (Lipinski definition) is 0. The van der Waals surface area contributed by atoms with E-state index in [2.05, 4.69) is 6.07 Å². The molecule has 1 atom stereocenters. The van der Waals surface area contributed by atoms with Gasteiger partial charge in [0.2, 0.25) is 0 Å². The second kappa shape index (κ2) is 14.3. The third-order valence-electron chi connectivity index (χ3n) is 7.65. The number of carbonyl (C=O) groups excluding carboxylic acids is 1. The Hall–Kier alpha value is -5.79. The molecule has 0 bridgehead atoms. The summed E-state index contributed by atoms with van der Waals surface area (Å²) in [6.07, 6.45) is 1.74. The average Bonchev–Trinajstić information content (AvgIpc) is 3.42. The maximum Gasteiger partial charge on any atom is 0.338 e. The van der Waals surface area contributed by atoms with E-state index in [0.717, 1.165) is 5.56 Å². The molecule has 1 aliphatic heterocycles. The lowest BCUT2D eigenvalue weighted by molar-refractivity contribution is -0.138. The van der Waals surface area contributed by atoms with Gasteiger partial charge in [-0.25, -0.2) is 14.2 Å². The Balaban J connectivity index is 1.47. The van der Waals surface area contributed by atoms with E-state index in [9.17, 15) is 19.2 Å². The van der Waals surface area contributed by atoms with Crippen molar-refractivity contribution in [1.82, 2.24) is 4.57 Å². The number of nitrogens with zero attached hydrogens (tertiary/aromatic N) is 3. The number of carbonyl (C=O) groups is 1. The summed E-state index contributed by atoms with van der Waals surface area (Å²) in [4.78, 5) is 33.0. The summed E-state index contributed by atoms with van der Waals surface area (Å²) in [6.45, 7) is 4.25. The summed E-state index contributed by atoms with van der Waals surface area (Å²) < 4.78 is 33.3. The molecule has 0 radical (unpaired) electrons. The predicted octanol–water partition coefficient (Wildman–Crippen LogP) is 5.92. The molecule has 8 nitrogen and oxygen atoms in total. The van der Waals surface area contributed by atoms with Crippen molar-refractivity contribution in [2.24, 2.45) is 4.99 Å². The lowest BCUT2D eigenvalue weighted by Gasteiger charge is -2.25. The number of hydrogen-bond acceptors (Lipinski definition) is 8. The van der Waals surface area contributed by atoms with E-state index in [1.807, 2.05) is 55.5 Å². The van der Waals surface area contributed by atoms with Gasteiger partial charge in [-0.1, -0.05) is 78.1 Å². The van der Waals surface area contributed by atoms with Crippen molar-refractivity contribution in [3.63, 3.8) is 0 Å². The van der Waals surface area contributed by atoms with E-state index >= 15 is 0 Å². The molecule has 2 heterocycles. The molecule has 0 saturated carbocycles. The normalized spacial score (nSPS) is 14.1. The van der Waals surface area contributed by atoms with E-state index in [0.29, 0.717) is 55.4 Å². The molecule has 0 saturated heterocycles. The van der Waals surface area contributed by atoms with E-state index in [4.69, 9.17) is 19.2 Å². The smallest absolute Gasteiger partial charge is 0.338 e. The third-order valence-corrected chi connectivity index (χ3v) is 8.63. The molecule has 1 aromatic heterocycles. The fraction of sp³-hybridized carbons (Fsp3) is 0.158. The molecule has 1 aliphatic rings. The highest BCUT2D eigenvalue weighted by Crippen LogP contribution is 2.35. The van der Waals surface area contributed by atoms with Crippen LogP contribution < -0.4 is 24.4 Å². The van der Waals surface area contributed by atoms with Crippen LogP contribution in [-0.4, -0.2) is 23.8 Å². The molecule has 10 heteroatoms. The molecular formula is C38H30FN3O5S. The highest BCUT2D eigenvalue weighted by molar-refractivity contribution is 7.07. The molecular weight excluding hydrogens is 629 g/mol. The van der Waals surface area contributed by atoms with Crippen molar-refractivity contribution in [2.75, 3.05) is 13.2 Å². The maximum atomic E-state index is 14.2. The number of thiazole rings is 1. The van der Waals surface area contributed by atoms with E-state index in [1.54, 1.807) is 49.4 Å². The second-order valence-electron chi connectivity index (χ2n) is 10.7. The average molecular weight is 660 g/mol. The summed E-state index contributed by atoms with van der Waals surface area (Å²) in [5.74, 6) is -0.0827. The monoisotopic (exact) mass is 659 g/mol. The molecule has 6 rings (SSSR count). The van der Waals surface area contributed by atoms with Crippen LogP contribution in [0.5, 0.6) is 11.5 Å². The number of halogens is 1. The predicted molar refractivity (Wildman–Crippen MR) is 181 cm³/mol. The lowest BCUT2D eigenvalue weighted by atomic mass is 9.93. The van der Waals surface area contributed by atoms with Gasteiger partial charge in [-0.3, -0.25) is 9.36 Å². The molecule has 0 aliphatic carbocycles. The van der Waals surface area contributed by atoms with E-state index < -0.39 is 17.8 Å². The zero-order valence-electron chi connectivity index (χ0n) is 26.2. The number of fused-ring (bicyclic) bond motifs is 1. The molecule has 48 heavy (non-hydrogen) atoms. The topological polar surface area (TPSA) is 103 Å². The van der Waals surface area contributed by atoms with Gasteiger partial charge in [0.15, 0.2) is 16.3 Å². The van der Waals surface area contributed by atoms with Crippen molar-refractivity contribution >= 4 is 29.1 Å². The van der Waals surface area contributed by atoms with Crippen LogP contribution in [0.2, 0.25) is 0 Å². The fourth-order valence-corrected chi connectivity index (χ4v) is 6.47. The number of aromatic nitrogens is 1. The van der Waals surface area contributed by atoms with Gasteiger partial charge in [0.25, 0.3) is 5.56 Å². The minimum Gasteiger partial charge on any atom is -0.490 e. The first-order chi connectivity index (χ1) is 23.4. The molecule has 5 aromatic rings. The summed E-state index contributed by atoms with van der Waals surface area (Å²) in [5, 5.41) is 9.44. The Morgan fingerprint density at radius 1 is 0.958 bits per heavy atom. The Bertz CT molecular complexity index is 2240. The van der Waals surface area contributed by atoms with E-state index in [1.165, 1.54) is 28.0 Å². The van der Waals surface area contributed by atoms with Gasteiger partial charge in [0.1, 0.15) is 12.4 Å². The van der Waals surface area contributed by atoms with Crippen molar-refractivity contribution in [2.45, 2.75) is 26.5 Å². The number of ether oxygens (including phenoxy) is 3. The summed E-state index contributed by atoms with van der Waals surface area (Å²) in [6, 6.07) is 28.8. The summed E-state index contributed by atoms with van der Waals surface area (Å²) in [5.41, 5.74) is 3.38. The molecule has 0 N–H and O–H groups in total. The van der Waals surface area contributed by atoms with Crippen LogP contribution in [0.1, 0.15) is 47.7 Å². The zero-order chi connectivity index (χ0) is 33.6. The van der Waals surface area contributed by atoms with Crippen LogP contribution in [0.4, 0.5) is 4.39 Å². The minimum absolute atomic E-state index is 0.123.